The molecular weight excluding hydrogens is 458 g/mol. The summed E-state index contributed by atoms with van der Waals surface area (Å²) in [7, 11) is -1.24. The highest BCUT2D eigenvalue weighted by atomic mass is 28.3. The fourth-order valence-electron chi connectivity index (χ4n) is 5.54. The molecular formula is C27H43N3O4Si. The minimum atomic E-state index is -1.24. The standard InChI is InChI=1S/C27H43N3O4Si/c1-35(2,3)17-16-33-21-29-24(31)27(12-7-13-27)30(25(29)32)19-26(14-10-23(28)11-15-26)20-34-18-22-8-5-4-6-9-22/h4-6,8-9,23H,7,10-21,28H2,1-3H3. The molecule has 1 saturated heterocycles. The summed E-state index contributed by atoms with van der Waals surface area (Å²) >= 11 is 0. The first-order valence-electron chi connectivity index (χ1n) is 13.2. The van der Waals surface area contributed by atoms with Gasteiger partial charge in [-0.2, -0.15) is 0 Å². The van der Waals surface area contributed by atoms with Gasteiger partial charge in [-0.1, -0.05) is 50.0 Å². The maximum Gasteiger partial charge on any atom is 0.329 e. The van der Waals surface area contributed by atoms with E-state index < -0.39 is 13.6 Å². The number of carbonyl (C=O) groups excluding carboxylic acids is 2. The molecule has 3 aliphatic rings. The van der Waals surface area contributed by atoms with Gasteiger partial charge in [0.25, 0.3) is 5.91 Å². The maximum absolute atomic E-state index is 13.6. The molecule has 3 amide bonds. The van der Waals surface area contributed by atoms with Crippen LogP contribution in [-0.2, 0) is 20.9 Å². The van der Waals surface area contributed by atoms with Crippen LogP contribution in [-0.4, -0.2) is 67.9 Å². The number of hydrogen-bond donors (Lipinski definition) is 1. The molecule has 1 aromatic rings. The third-order valence-electron chi connectivity index (χ3n) is 8.12. The molecule has 3 fully saturated rings. The van der Waals surface area contributed by atoms with Gasteiger partial charge in [-0.25, -0.2) is 9.69 Å². The summed E-state index contributed by atoms with van der Waals surface area (Å²) in [5.41, 5.74) is 6.51. The van der Waals surface area contributed by atoms with E-state index in [9.17, 15) is 9.59 Å². The van der Waals surface area contributed by atoms with Crippen LogP contribution in [0.4, 0.5) is 4.79 Å². The van der Waals surface area contributed by atoms with Crippen LogP contribution in [0.3, 0.4) is 0 Å². The Labute approximate surface area is 211 Å². The Kier molecular flexibility index (Phi) is 8.05. The summed E-state index contributed by atoms with van der Waals surface area (Å²) in [5.74, 6) is -0.0744. The number of urea groups is 1. The van der Waals surface area contributed by atoms with Crippen molar-refractivity contribution in [3.63, 3.8) is 0 Å². The van der Waals surface area contributed by atoms with Crippen molar-refractivity contribution in [2.24, 2.45) is 11.1 Å². The second kappa shape index (κ2) is 10.7. The molecule has 0 bridgehead atoms. The molecule has 1 spiro atoms. The fourth-order valence-corrected chi connectivity index (χ4v) is 6.30. The predicted molar refractivity (Wildman–Crippen MR) is 139 cm³/mol. The van der Waals surface area contributed by atoms with Crippen LogP contribution < -0.4 is 5.73 Å². The average molecular weight is 502 g/mol. The lowest BCUT2D eigenvalue weighted by Gasteiger charge is -2.48. The van der Waals surface area contributed by atoms with E-state index in [1.807, 2.05) is 23.1 Å². The summed E-state index contributed by atoms with van der Waals surface area (Å²) < 4.78 is 12.1. The molecule has 2 aliphatic carbocycles. The molecule has 194 valence electrons. The van der Waals surface area contributed by atoms with Crippen molar-refractivity contribution >= 4 is 20.0 Å². The molecule has 35 heavy (non-hydrogen) atoms. The van der Waals surface area contributed by atoms with Gasteiger partial charge in [0.15, 0.2) is 0 Å². The molecule has 1 aromatic carbocycles. The second-order valence-electron chi connectivity index (χ2n) is 12.2. The van der Waals surface area contributed by atoms with Crippen molar-refractivity contribution in [2.45, 2.75) is 88.8 Å². The smallest absolute Gasteiger partial charge is 0.329 e. The molecule has 2 N–H and O–H groups in total. The normalized spacial score (nSPS) is 26.5. The number of carbonyl (C=O) groups is 2. The lowest BCUT2D eigenvalue weighted by atomic mass is 9.70. The highest BCUT2D eigenvalue weighted by Crippen LogP contribution is 2.47. The summed E-state index contributed by atoms with van der Waals surface area (Å²) in [6.45, 7) is 9.19. The summed E-state index contributed by atoms with van der Waals surface area (Å²) in [4.78, 5) is 30.3. The van der Waals surface area contributed by atoms with Gasteiger partial charge in [0, 0.05) is 32.7 Å². The van der Waals surface area contributed by atoms with Crippen molar-refractivity contribution < 1.29 is 19.1 Å². The van der Waals surface area contributed by atoms with Crippen molar-refractivity contribution in [3.8, 4) is 0 Å². The SMILES string of the molecule is C[Si](C)(C)CCOCN1C(=O)N(CC2(COCc3ccccc3)CCC(N)CC2)C2(CCC2)C1=O. The molecule has 0 aromatic heterocycles. The first kappa shape index (κ1) is 26.3. The zero-order chi connectivity index (χ0) is 25.1. The van der Waals surface area contributed by atoms with Crippen LogP contribution in [0.25, 0.3) is 0 Å². The lowest BCUT2D eigenvalue weighted by molar-refractivity contribution is -0.141. The van der Waals surface area contributed by atoms with Gasteiger partial charge >= 0.3 is 6.03 Å². The van der Waals surface area contributed by atoms with Gasteiger partial charge < -0.3 is 20.1 Å². The Bertz CT molecular complexity index is 876. The summed E-state index contributed by atoms with van der Waals surface area (Å²) in [6, 6.07) is 11.2. The number of imide groups is 1. The molecule has 0 atom stereocenters. The largest absolute Gasteiger partial charge is 0.376 e. The molecule has 2 saturated carbocycles. The van der Waals surface area contributed by atoms with E-state index in [2.05, 4.69) is 31.8 Å². The number of benzene rings is 1. The van der Waals surface area contributed by atoms with E-state index in [-0.39, 0.29) is 30.1 Å². The number of ether oxygens (including phenoxy) is 2. The summed E-state index contributed by atoms with van der Waals surface area (Å²) in [5, 5.41) is 0. The molecule has 0 unspecified atom stereocenters. The average Bonchev–Trinajstić information content (AvgIpc) is 2.99. The van der Waals surface area contributed by atoms with Gasteiger partial charge in [0.2, 0.25) is 0 Å². The minimum absolute atomic E-state index is 0.0583. The van der Waals surface area contributed by atoms with E-state index in [0.29, 0.717) is 26.4 Å². The van der Waals surface area contributed by atoms with Crippen LogP contribution in [0.15, 0.2) is 30.3 Å². The Hall–Kier alpha value is -1.74. The Morgan fingerprint density at radius 2 is 1.71 bits per heavy atom. The molecule has 1 aliphatic heterocycles. The monoisotopic (exact) mass is 501 g/mol. The molecule has 8 heteroatoms. The van der Waals surface area contributed by atoms with Crippen LogP contribution in [0.5, 0.6) is 0 Å². The molecule has 0 radical (unpaired) electrons. The lowest BCUT2D eigenvalue weighted by Crippen LogP contribution is -2.58. The van der Waals surface area contributed by atoms with Crippen LogP contribution in [0.1, 0.15) is 50.5 Å². The Balaban J connectivity index is 1.44. The second-order valence-corrected chi connectivity index (χ2v) is 17.8. The van der Waals surface area contributed by atoms with Gasteiger partial charge in [-0.05, 0) is 56.6 Å². The van der Waals surface area contributed by atoms with Crippen molar-refractivity contribution in [1.82, 2.24) is 9.80 Å². The predicted octanol–water partition coefficient (Wildman–Crippen LogP) is 4.59. The van der Waals surface area contributed by atoms with Crippen LogP contribution in [0.2, 0.25) is 25.7 Å². The third-order valence-corrected chi connectivity index (χ3v) is 9.83. The number of nitrogens with two attached hydrogens (primary N) is 1. The van der Waals surface area contributed by atoms with Crippen LogP contribution in [0, 0.1) is 5.41 Å². The van der Waals surface area contributed by atoms with E-state index in [4.69, 9.17) is 15.2 Å². The molecule has 7 nitrogen and oxygen atoms in total. The van der Waals surface area contributed by atoms with Crippen molar-refractivity contribution in [2.75, 3.05) is 26.5 Å². The highest BCUT2D eigenvalue weighted by molar-refractivity contribution is 6.76. The van der Waals surface area contributed by atoms with Gasteiger partial charge in [0.05, 0.1) is 13.2 Å². The molecule has 1 heterocycles. The van der Waals surface area contributed by atoms with E-state index in [1.54, 1.807) is 0 Å². The number of amides is 3. The minimum Gasteiger partial charge on any atom is -0.376 e. The van der Waals surface area contributed by atoms with Crippen molar-refractivity contribution in [1.29, 1.82) is 0 Å². The Morgan fingerprint density at radius 3 is 2.31 bits per heavy atom. The number of rotatable bonds is 11. The zero-order valence-corrected chi connectivity index (χ0v) is 22.8. The van der Waals surface area contributed by atoms with Crippen LogP contribution >= 0.6 is 0 Å². The van der Waals surface area contributed by atoms with E-state index >= 15 is 0 Å². The fraction of sp³-hybridized carbons (Fsp3) is 0.704. The topological polar surface area (TPSA) is 85.1 Å². The zero-order valence-electron chi connectivity index (χ0n) is 21.8. The maximum atomic E-state index is 13.6. The first-order valence-corrected chi connectivity index (χ1v) is 16.9. The quantitative estimate of drug-likeness (QED) is 0.272. The van der Waals surface area contributed by atoms with E-state index in [1.165, 1.54) is 4.90 Å². The third kappa shape index (κ3) is 5.98. The van der Waals surface area contributed by atoms with Gasteiger partial charge in [0.1, 0.15) is 12.3 Å². The van der Waals surface area contributed by atoms with Gasteiger partial charge in [-0.3, -0.25) is 4.79 Å². The first-order chi connectivity index (χ1) is 16.6. The number of hydrogen-bond acceptors (Lipinski definition) is 5. The molecule has 4 rings (SSSR count). The highest BCUT2D eigenvalue weighted by Gasteiger charge is 2.61. The summed E-state index contributed by atoms with van der Waals surface area (Å²) in [6.07, 6.45) is 6.10. The number of nitrogens with zero attached hydrogens (tertiary/aromatic N) is 2. The van der Waals surface area contributed by atoms with Crippen molar-refractivity contribution in [3.05, 3.63) is 35.9 Å². The van der Waals surface area contributed by atoms with E-state index in [0.717, 1.165) is 56.6 Å². The van der Waals surface area contributed by atoms with Gasteiger partial charge in [-0.15, -0.1) is 0 Å². The Morgan fingerprint density at radius 1 is 1.03 bits per heavy atom.